The fourth-order valence-electron chi connectivity index (χ4n) is 2.71. The molecule has 1 aromatic carbocycles. The molecule has 0 spiro atoms. The van der Waals surface area contributed by atoms with E-state index in [1.807, 2.05) is 11.0 Å². The molecule has 1 aliphatic rings. The van der Waals surface area contributed by atoms with Gasteiger partial charge in [0.05, 0.1) is 0 Å². The maximum absolute atomic E-state index is 12.1. The maximum Gasteiger partial charge on any atom is 0.222 e. The number of rotatable bonds is 5. The maximum atomic E-state index is 12.1. The summed E-state index contributed by atoms with van der Waals surface area (Å²) in [6, 6.07) is 10.9. The molecule has 3 heteroatoms. The molecule has 1 aromatic rings. The zero-order chi connectivity index (χ0) is 14.4. The summed E-state index contributed by atoms with van der Waals surface area (Å²) in [5.74, 6) is 0.756. The van der Waals surface area contributed by atoms with Crippen molar-refractivity contribution in [3.63, 3.8) is 0 Å². The van der Waals surface area contributed by atoms with Crippen LogP contribution in [0.5, 0.6) is 0 Å². The fraction of sp³-hybridized carbons (Fsp3) is 0.588. The molecule has 20 heavy (non-hydrogen) atoms. The lowest BCUT2D eigenvalue weighted by Gasteiger charge is -2.33. The standard InChI is InChI=1S/C17H26N2O/c1-14(2)11-17(20)19-10-6-9-16(13-19)18-12-15-7-4-3-5-8-15/h3-5,7-8,14,16,18H,6,9-13H2,1-2H3. The summed E-state index contributed by atoms with van der Waals surface area (Å²) in [6.07, 6.45) is 2.94. The summed E-state index contributed by atoms with van der Waals surface area (Å²) in [4.78, 5) is 14.2. The summed E-state index contributed by atoms with van der Waals surface area (Å²) in [5, 5.41) is 3.58. The minimum absolute atomic E-state index is 0.311. The van der Waals surface area contributed by atoms with Gasteiger partial charge in [0.15, 0.2) is 0 Å². The normalized spacial score (nSPS) is 19.4. The molecule has 1 unspecified atom stereocenters. The van der Waals surface area contributed by atoms with Crippen LogP contribution in [-0.2, 0) is 11.3 Å². The molecular formula is C17H26N2O. The van der Waals surface area contributed by atoms with Crippen molar-refractivity contribution in [1.29, 1.82) is 0 Å². The smallest absolute Gasteiger partial charge is 0.222 e. The summed E-state index contributed by atoms with van der Waals surface area (Å²) < 4.78 is 0. The molecule has 0 saturated carbocycles. The molecule has 1 aliphatic heterocycles. The first-order valence-corrected chi connectivity index (χ1v) is 7.70. The summed E-state index contributed by atoms with van der Waals surface area (Å²) >= 11 is 0. The summed E-state index contributed by atoms with van der Waals surface area (Å²) in [7, 11) is 0. The lowest BCUT2D eigenvalue weighted by molar-refractivity contribution is -0.133. The van der Waals surface area contributed by atoms with Crippen molar-refractivity contribution >= 4 is 5.91 Å². The third-order valence-electron chi connectivity index (χ3n) is 3.79. The van der Waals surface area contributed by atoms with Crippen LogP contribution < -0.4 is 5.32 Å². The Hall–Kier alpha value is -1.35. The second-order valence-electron chi connectivity index (χ2n) is 6.14. The summed E-state index contributed by atoms with van der Waals surface area (Å²) in [5.41, 5.74) is 1.30. The van der Waals surface area contributed by atoms with Crippen LogP contribution in [0.15, 0.2) is 30.3 Å². The number of piperidine rings is 1. The van der Waals surface area contributed by atoms with Crippen molar-refractivity contribution < 1.29 is 4.79 Å². The van der Waals surface area contributed by atoms with Crippen LogP contribution in [0.3, 0.4) is 0 Å². The number of nitrogens with one attached hydrogen (secondary N) is 1. The van der Waals surface area contributed by atoms with E-state index in [-0.39, 0.29) is 0 Å². The van der Waals surface area contributed by atoms with E-state index in [0.29, 0.717) is 24.3 Å². The third-order valence-corrected chi connectivity index (χ3v) is 3.79. The zero-order valence-corrected chi connectivity index (χ0v) is 12.6. The zero-order valence-electron chi connectivity index (χ0n) is 12.6. The average Bonchev–Trinajstić information content (AvgIpc) is 2.46. The molecule has 0 aliphatic carbocycles. The number of benzene rings is 1. The number of nitrogens with zero attached hydrogens (tertiary/aromatic N) is 1. The van der Waals surface area contributed by atoms with Crippen molar-refractivity contribution in [3.8, 4) is 0 Å². The number of hydrogen-bond donors (Lipinski definition) is 1. The Morgan fingerprint density at radius 1 is 1.35 bits per heavy atom. The van der Waals surface area contributed by atoms with Crippen LogP contribution in [0.25, 0.3) is 0 Å². The largest absolute Gasteiger partial charge is 0.341 e. The van der Waals surface area contributed by atoms with E-state index in [1.54, 1.807) is 0 Å². The van der Waals surface area contributed by atoms with Gasteiger partial charge in [0.25, 0.3) is 0 Å². The van der Waals surface area contributed by atoms with E-state index < -0.39 is 0 Å². The molecule has 2 rings (SSSR count). The van der Waals surface area contributed by atoms with E-state index in [0.717, 1.165) is 32.5 Å². The predicted octanol–water partition coefficient (Wildman–Crippen LogP) is 2.81. The van der Waals surface area contributed by atoms with Crippen LogP contribution in [-0.4, -0.2) is 29.9 Å². The highest BCUT2D eigenvalue weighted by Gasteiger charge is 2.23. The Bertz CT molecular complexity index is 416. The Morgan fingerprint density at radius 3 is 2.80 bits per heavy atom. The second kappa shape index (κ2) is 7.44. The molecule has 1 N–H and O–H groups in total. The van der Waals surface area contributed by atoms with E-state index in [4.69, 9.17) is 0 Å². The Morgan fingerprint density at radius 2 is 2.10 bits per heavy atom. The highest BCUT2D eigenvalue weighted by atomic mass is 16.2. The van der Waals surface area contributed by atoms with Gasteiger partial charge in [-0.05, 0) is 24.3 Å². The molecule has 1 saturated heterocycles. The molecule has 1 atom stereocenters. The van der Waals surface area contributed by atoms with Crippen molar-refractivity contribution in [2.24, 2.45) is 5.92 Å². The molecular weight excluding hydrogens is 248 g/mol. The fourth-order valence-corrected chi connectivity index (χ4v) is 2.71. The lowest BCUT2D eigenvalue weighted by Crippen LogP contribution is -2.48. The number of amides is 1. The van der Waals surface area contributed by atoms with E-state index in [2.05, 4.69) is 43.4 Å². The number of carbonyl (C=O) groups is 1. The first-order chi connectivity index (χ1) is 9.65. The summed E-state index contributed by atoms with van der Waals surface area (Å²) in [6.45, 7) is 6.88. The van der Waals surface area contributed by atoms with Crippen LogP contribution in [0, 0.1) is 5.92 Å². The number of hydrogen-bond acceptors (Lipinski definition) is 2. The van der Waals surface area contributed by atoms with Gasteiger partial charge in [-0.1, -0.05) is 44.2 Å². The van der Waals surface area contributed by atoms with Gasteiger partial charge >= 0.3 is 0 Å². The van der Waals surface area contributed by atoms with Crippen molar-refractivity contribution in [2.45, 2.75) is 45.7 Å². The van der Waals surface area contributed by atoms with Crippen LogP contribution in [0.2, 0.25) is 0 Å². The van der Waals surface area contributed by atoms with Gasteiger partial charge in [-0.15, -0.1) is 0 Å². The second-order valence-corrected chi connectivity index (χ2v) is 6.14. The van der Waals surface area contributed by atoms with Crippen LogP contribution in [0.1, 0.15) is 38.7 Å². The average molecular weight is 274 g/mol. The molecule has 0 bridgehead atoms. The molecule has 0 aromatic heterocycles. The van der Waals surface area contributed by atoms with Gasteiger partial charge in [0.1, 0.15) is 0 Å². The third kappa shape index (κ3) is 4.64. The highest BCUT2D eigenvalue weighted by Crippen LogP contribution is 2.14. The van der Waals surface area contributed by atoms with Crippen molar-refractivity contribution in [2.75, 3.05) is 13.1 Å². The highest BCUT2D eigenvalue weighted by molar-refractivity contribution is 5.76. The first kappa shape index (κ1) is 15.0. The monoisotopic (exact) mass is 274 g/mol. The molecule has 1 heterocycles. The molecule has 1 fully saturated rings. The Kier molecular flexibility index (Phi) is 5.60. The SMILES string of the molecule is CC(C)CC(=O)N1CCCC(NCc2ccccc2)C1. The van der Waals surface area contributed by atoms with Crippen LogP contribution >= 0.6 is 0 Å². The number of likely N-dealkylation sites (tertiary alicyclic amines) is 1. The van der Waals surface area contributed by atoms with Gasteiger partial charge in [-0.25, -0.2) is 0 Å². The van der Waals surface area contributed by atoms with Gasteiger partial charge in [0, 0.05) is 32.1 Å². The van der Waals surface area contributed by atoms with Gasteiger partial charge in [0.2, 0.25) is 5.91 Å². The quantitative estimate of drug-likeness (QED) is 0.895. The van der Waals surface area contributed by atoms with Crippen molar-refractivity contribution in [1.82, 2.24) is 10.2 Å². The minimum atomic E-state index is 0.311. The van der Waals surface area contributed by atoms with Gasteiger partial charge in [-0.3, -0.25) is 4.79 Å². The van der Waals surface area contributed by atoms with E-state index in [9.17, 15) is 4.79 Å². The van der Waals surface area contributed by atoms with Gasteiger partial charge in [-0.2, -0.15) is 0 Å². The lowest BCUT2D eigenvalue weighted by atomic mass is 10.0. The van der Waals surface area contributed by atoms with E-state index in [1.165, 1.54) is 5.56 Å². The molecule has 110 valence electrons. The van der Waals surface area contributed by atoms with E-state index >= 15 is 0 Å². The molecule has 0 radical (unpaired) electrons. The molecule has 3 nitrogen and oxygen atoms in total. The minimum Gasteiger partial charge on any atom is -0.341 e. The Labute approximate surface area is 122 Å². The molecule has 1 amide bonds. The number of carbonyl (C=O) groups excluding carboxylic acids is 1. The Balaban J connectivity index is 1.80. The topological polar surface area (TPSA) is 32.3 Å². The van der Waals surface area contributed by atoms with Crippen molar-refractivity contribution in [3.05, 3.63) is 35.9 Å². The van der Waals surface area contributed by atoms with Crippen LogP contribution in [0.4, 0.5) is 0 Å². The first-order valence-electron chi connectivity index (χ1n) is 7.70. The van der Waals surface area contributed by atoms with Gasteiger partial charge < -0.3 is 10.2 Å². The predicted molar refractivity (Wildman–Crippen MR) is 82.3 cm³/mol.